The molecule has 2 aliphatic heterocycles. The number of hydrogen-bond donors (Lipinski definition) is 2. The number of imide groups is 2. The van der Waals surface area contributed by atoms with Gasteiger partial charge in [-0.25, -0.2) is 4.79 Å². The summed E-state index contributed by atoms with van der Waals surface area (Å²) in [6, 6.07) is 21.5. The number of amides is 6. The molecular formula is C27H22N4O5. The summed E-state index contributed by atoms with van der Waals surface area (Å²) in [5.41, 5.74) is 2.88. The van der Waals surface area contributed by atoms with Crippen LogP contribution in [0.2, 0.25) is 0 Å². The van der Waals surface area contributed by atoms with Crippen LogP contribution in [0.25, 0.3) is 0 Å². The molecule has 5 rings (SSSR count). The van der Waals surface area contributed by atoms with E-state index in [-0.39, 0.29) is 23.2 Å². The topological polar surface area (TPSA) is 116 Å². The lowest BCUT2D eigenvalue weighted by Crippen LogP contribution is -2.47. The number of nitrogens with zero attached hydrogens (tertiary/aromatic N) is 2. The van der Waals surface area contributed by atoms with Crippen LogP contribution in [0, 0.1) is 0 Å². The molecule has 0 radical (unpaired) electrons. The lowest BCUT2D eigenvalue weighted by molar-refractivity contribution is -0.132. The molecule has 1 atom stereocenters. The van der Waals surface area contributed by atoms with E-state index in [9.17, 15) is 24.0 Å². The van der Waals surface area contributed by atoms with Gasteiger partial charge in [0.05, 0.1) is 11.1 Å². The summed E-state index contributed by atoms with van der Waals surface area (Å²) in [7, 11) is 0. The van der Waals surface area contributed by atoms with Crippen molar-refractivity contribution >= 4 is 29.7 Å². The van der Waals surface area contributed by atoms with Crippen LogP contribution in [0.1, 0.15) is 49.1 Å². The Morgan fingerprint density at radius 1 is 0.861 bits per heavy atom. The zero-order valence-electron chi connectivity index (χ0n) is 19.4. The van der Waals surface area contributed by atoms with Gasteiger partial charge in [0, 0.05) is 12.1 Å². The first-order chi connectivity index (χ1) is 17.3. The van der Waals surface area contributed by atoms with Gasteiger partial charge < -0.3 is 5.32 Å². The molecule has 0 aliphatic carbocycles. The van der Waals surface area contributed by atoms with E-state index in [1.165, 1.54) is 18.2 Å². The molecule has 6 amide bonds. The van der Waals surface area contributed by atoms with Crippen LogP contribution >= 0.6 is 0 Å². The van der Waals surface area contributed by atoms with Gasteiger partial charge in [-0.1, -0.05) is 60.7 Å². The van der Waals surface area contributed by atoms with Crippen molar-refractivity contribution < 1.29 is 24.0 Å². The summed E-state index contributed by atoms with van der Waals surface area (Å²) >= 11 is 0. The first kappa shape index (κ1) is 23.0. The van der Waals surface area contributed by atoms with Crippen molar-refractivity contribution in [1.82, 2.24) is 20.7 Å². The Morgan fingerprint density at radius 3 is 2.19 bits per heavy atom. The molecular weight excluding hydrogens is 460 g/mol. The molecule has 36 heavy (non-hydrogen) atoms. The minimum Gasteiger partial charge on any atom is -0.318 e. The second-order valence-electron chi connectivity index (χ2n) is 8.76. The van der Waals surface area contributed by atoms with E-state index >= 15 is 0 Å². The van der Waals surface area contributed by atoms with E-state index in [0.29, 0.717) is 17.0 Å². The fraction of sp³-hybridized carbons (Fsp3) is 0.148. The van der Waals surface area contributed by atoms with Gasteiger partial charge in [0.1, 0.15) is 5.54 Å². The maximum Gasteiger partial charge on any atom is 0.344 e. The monoisotopic (exact) mass is 482 g/mol. The highest BCUT2D eigenvalue weighted by atomic mass is 16.2. The number of hydrogen-bond acceptors (Lipinski definition) is 5. The van der Waals surface area contributed by atoms with Crippen LogP contribution < -0.4 is 10.7 Å². The highest BCUT2D eigenvalue weighted by Crippen LogP contribution is 2.28. The van der Waals surface area contributed by atoms with Gasteiger partial charge >= 0.3 is 6.03 Å². The third-order valence-electron chi connectivity index (χ3n) is 6.46. The molecule has 0 spiro atoms. The summed E-state index contributed by atoms with van der Waals surface area (Å²) < 4.78 is 0. The minimum atomic E-state index is -1.34. The molecule has 2 aliphatic rings. The smallest absolute Gasteiger partial charge is 0.318 e. The normalized spacial score (nSPS) is 18.9. The maximum absolute atomic E-state index is 13.0. The molecule has 9 nitrogen and oxygen atoms in total. The Bertz CT molecular complexity index is 1410. The molecule has 0 saturated carbocycles. The SMILES string of the molecule is CC1(c2ccccc2)NC(=O)N(NC(=O)c2ccc3c(c2)C(=O)N(CCc2ccccc2)C3=O)C1=O. The standard InChI is InChI=1S/C27H22N4O5/c1-27(19-10-6-3-7-11-19)25(35)31(26(36)28-27)29-22(32)18-12-13-20-21(16-18)24(34)30(23(20)33)15-14-17-8-4-2-5-9-17/h2-13,16H,14-15H2,1H3,(H,28,36)(H,29,32). The maximum atomic E-state index is 13.0. The number of urea groups is 1. The minimum absolute atomic E-state index is 0.0359. The van der Waals surface area contributed by atoms with Crippen LogP contribution in [-0.4, -0.2) is 46.1 Å². The second-order valence-corrected chi connectivity index (χ2v) is 8.76. The molecule has 3 aromatic carbocycles. The molecule has 1 saturated heterocycles. The highest BCUT2D eigenvalue weighted by Gasteiger charge is 2.50. The summed E-state index contributed by atoms with van der Waals surface area (Å²) in [6.45, 7) is 1.76. The molecule has 2 heterocycles. The average Bonchev–Trinajstić information content (AvgIpc) is 3.27. The Kier molecular flexibility index (Phi) is 5.60. The average molecular weight is 482 g/mol. The van der Waals surface area contributed by atoms with Crippen molar-refractivity contribution in [3.05, 3.63) is 107 Å². The van der Waals surface area contributed by atoms with Crippen LogP contribution in [-0.2, 0) is 16.8 Å². The number of benzene rings is 3. The summed E-state index contributed by atoms with van der Waals surface area (Å²) in [6.07, 6.45) is 0.506. The molecule has 1 unspecified atom stereocenters. The van der Waals surface area contributed by atoms with Gasteiger partial charge in [0.15, 0.2) is 0 Å². The summed E-state index contributed by atoms with van der Waals surface area (Å²) in [5.74, 6) is -2.33. The number of carbonyl (C=O) groups is 5. The zero-order valence-corrected chi connectivity index (χ0v) is 19.4. The highest BCUT2D eigenvalue weighted by molar-refractivity contribution is 6.22. The van der Waals surface area contributed by atoms with E-state index < -0.39 is 35.2 Å². The van der Waals surface area contributed by atoms with Crippen molar-refractivity contribution in [1.29, 1.82) is 0 Å². The van der Waals surface area contributed by atoms with E-state index in [0.717, 1.165) is 10.5 Å². The van der Waals surface area contributed by atoms with E-state index in [2.05, 4.69) is 10.7 Å². The van der Waals surface area contributed by atoms with Gasteiger partial charge in [0.2, 0.25) is 0 Å². The predicted molar refractivity (Wildman–Crippen MR) is 129 cm³/mol. The Labute approximate surface area is 206 Å². The molecule has 0 aromatic heterocycles. The molecule has 2 N–H and O–H groups in total. The van der Waals surface area contributed by atoms with Gasteiger partial charge in [0.25, 0.3) is 23.6 Å². The van der Waals surface area contributed by atoms with Crippen molar-refractivity contribution in [3.63, 3.8) is 0 Å². The van der Waals surface area contributed by atoms with Crippen molar-refractivity contribution in [2.45, 2.75) is 18.9 Å². The number of hydrazine groups is 1. The predicted octanol–water partition coefficient (Wildman–Crippen LogP) is 2.64. The van der Waals surface area contributed by atoms with Crippen LogP contribution in [0.5, 0.6) is 0 Å². The van der Waals surface area contributed by atoms with Gasteiger partial charge in [-0.05, 0) is 42.7 Å². The Morgan fingerprint density at radius 2 is 1.50 bits per heavy atom. The lowest BCUT2D eigenvalue weighted by atomic mass is 9.92. The van der Waals surface area contributed by atoms with E-state index in [1.807, 2.05) is 30.3 Å². The lowest BCUT2D eigenvalue weighted by Gasteiger charge is -2.22. The van der Waals surface area contributed by atoms with Crippen molar-refractivity contribution in [3.8, 4) is 0 Å². The summed E-state index contributed by atoms with van der Waals surface area (Å²) in [5, 5.41) is 3.24. The fourth-order valence-corrected chi connectivity index (χ4v) is 4.39. The fourth-order valence-electron chi connectivity index (χ4n) is 4.39. The Balaban J connectivity index is 1.31. The molecule has 3 aromatic rings. The second kappa shape index (κ2) is 8.77. The number of rotatable bonds is 6. The molecule has 0 bridgehead atoms. The molecule has 9 heteroatoms. The van der Waals surface area contributed by atoms with Gasteiger partial charge in [-0.3, -0.25) is 29.5 Å². The van der Waals surface area contributed by atoms with Gasteiger partial charge in [-0.2, -0.15) is 5.01 Å². The third kappa shape index (κ3) is 3.80. The van der Waals surface area contributed by atoms with Crippen molar-refractivity contribution in [2.75, 3.05) is 6.54 Å². The van der Waals surface area contributed by atoms with Gasteiger partial charge in [-0.15, -0.1) is 0 Å². The number of nitrogens with one attached hydrogen (secondary N) is 2. The van der Waals surface area contributed by atoms with E-state index in [4.69, 9.17) is 0 Å². The third-order valence-corrected chi connectivity index (χ3v) is 6.46. The molecule has 1 fully saturated rings. The van der Waals surface area contributed by atoms with Crippen LogP contribution in [0.3, 0.4) is 0 Å². The van der Waals surface area contributed by atoms with Crippen LogP contribution in [0.4, 0.5) is 4.79 Å². The molecule has 180 valence electrons. The zero-order chi connectivity index (χ0) is 25.4. The summed E-state index contributed by atoms with van der Waals surface area (Å²) in [4.78, 5) is 65.4. The largest absolute Gasteiger partial charge is 0.344 e. The Hall–Kier alpha value is -4.79. The number of carbonyl (C=O) groups excluding carboxylic acids is 5. The van der Waals surface area contributed by atoms with Crippen LogP contribution in [0.15, 0.2) is 78.9 Å². The first-order valence-electron chi connectivity index (χ1n) is 11.4. The quantitative estimate of drug-likeness (QED) is 0.414. The number of fused-ring (bicyclic) bond motifs is 1. The first-order valence-corrected chi connectivity index (χ1v) is 11.4. The van der Waals surface area contributed by atoms with E-state index in [1.54, 1.807) is 37.3 Å². The van der Waals surface area contributed by atoms with Crippen molar-refractivity contribution in [2.24, 2.45) is 0 Å².